The summed E-state index contributed by atoms with van der Waals surface area (Å²) in [6.07, 6.45) is 6.60. The van der Waals surface area contributed by atoms with Crippen LogP contribution in [0.15, 0.2) is 69.6 Å². The Balaban J connectivity index is 1.63. The van der Waals surface area contributed by atoms with Gasteiger partial charge in [0.2, 0.25) is 4.80 Å². The zero-order valence-corrected chi connectivity index (χ0v) is 20.7. The molecule has 0 spiro atoms. The van der Waals surface area contributed by atoms with Crippen molar-refractivity contribution in [2.45, 2.75) is 40.5 Å². The van der Waals surface area contributed by atoms with E-state index in [2.05, 4.69) is 39.8 Å². The molecule has 174 valence electrons. The maximum atomic E-state index is 11.4. The Morgan fingerprint density at radius 3 is 2.74 bits per heavy atom. The number of rotatable bonds is 5. The fourth-order valence-electron chi connectivity index (χ4n) is 5.09. The highest BCUT2D eigenvalue weighted by atomic mass is 32.1. The summed E-state index contributed by atoms with van der Waals surface area (Å²) in [6, 6.07) is 12.8. The molecule has 2 bridgehead atoms. The van der Waals surface area contributed by atoms with Crippen LogP contribution in [-0.2, 0) is 0 Å². The third-order valence-electron chi connectivity index (χ3n) is 7.66. The van der Waals surface area contributed by atoms with E-state index in [1.54, 1.807) is 12.1 Å². The van der Waals surface area contributed by atoms with E-state index in [4.69, 9.17) is 10.1 Å². The Bertz CT molecular complexity index is 1410. The molecule has 1 fully saturated rings. The Labute approximate surface area is 203 Å². The first kappa shape index (κ1) is 22.5. The summed E-state index contributed by atoms with van der Waals surface area (Å²) in [5.41, 5.74) is 6.38. The number of allylic oxidation sites excluding steroid dienone is 2. The molecule has 2 aromatic carbocycles. The fourth-order valence-corrected chi connectivity index (χ4v) is 5.94. The third-order valence-corrected chi connectivity index (χ3v) is 8.48. The molecular formula is C27H28N4O2S. The summed E-state index contributed by atoms with van der Waals surface area (Å²) >= 11 is 1.48. The highest BCUT2D eigenvalue weighted by Gasteiger charge is 2.50. The van der Waals surface area contributed by atoms with E-state index in [1.807, 2.05) is 34.5 Å². The number of nitro benzene ring substituents is 1. The molecule has 2 unspecified atom stereocenters. The van der Waals surface area contributed by atoms with E-state index in [0.29, 0.717) is 11.3 Å². The second kappa shape index (κ2) is 8.47. The van der Waals surface area contributed by atoms with Gasteiger partial charge in [0.05, 0.1) is 22.5 Å². The molecule has 3 aliphatic rings. The van der Waals surface area contributed by atoms with Gasteiger partial charge in [-0.2, -0.15) is 5.10 Å². The summed E-state index contributed by atoms with van der Waals surface area (Å²) in [4.78, 5) is 16.7. The molecule has 1 aromatic heterocycles. The maximum Gasteiger partial charge on any atom is 0.270 e. The first-order chi connectivity index (χ1) is 16.3. The molecule has 3 aromatic rings. The number of aryl methyl sites for hydroxylation is 1. The Morgan fingerprint density at radius 1 is 1.21 bits per heavy atom. The average molecular weight is 473 g/mol. The van der Waals surface area contributed by atoms with Crippen LogP contribution in [0.4, 0.5) is 11.4 Å². The molecular weight excluding hydrogens is 444 g/mol. The standard InChI is InChI=1S/C27H28N4O2S/c1-17-7-5-10-24(18(17)2)29-26-30(28-15-20-11-12-21-14-23(20)27(21,3)4)25(16-34-26)19-8-6-9-22(13-19)31(32)33/h5-11,13,15-16,21,23H,12,14H2,1-4H3. The van der Waals surface area contributed by atoms with E-state index in [-0.39, 0.29) is 10.6 Å². The summed E-state index contributed by atoms with van der Waals surface area (Å²) < 4.78 is 1.82. The van der Waals surface area contributed by atoms with Crippen molar-refractivity contribution in [3.05, 3.63) is 85.5 Å². The lowest BCUT2D eigenvalue weighted by atomic mass is 9.49. The van der Waals surface area contributed by atoms with Crippen molar-refractivity contribution in [1.29, 1.82) is 0 Å². The van der Waals surface area contributed by atoms with E-state index in [1.165, 1.54) is 35.0 Å². The SMILES string of the molecule is Cc1cccc(N=c2scc(-c3cccc([N+](=O)[O-])c3)n2N=CC2=CCC3CC2C3(C)C)c1C. The number of non-ortho nitro benzene ring substituents is 1. The van der Waals surface area contributed by atoms with Gasteiger partial charge in [0.25, 0.3) is 5.69 Å². The van der Waals surface area contributed by atoms with Crippen molar-refractivity contribution in [3.63, 3.8) is 0 Å². The molecule has 0 saturated heterocycles. The highest BCUT2D eigenvalue weighted by Crippen LogP contribution is 2.58. The van der Waals surface area contributed by atoms with Gasteiger partial charge in [0.15, 0.2) is 0 Å². The van der Waals surface area contributed by atoms with Crippen LogP contribution in [0.3, 0.4) is 0 Å². The van der Waals surface area contributed by atoms with Gasteiger partial charge in [-0.3, -0.25) is 10.1 Å². The molecule has 6 nitrogen and oxygen atoms in total. The lowest BCUT2D eigenvalue weighted by molar-refractivity contribution is -0.384. The summed E-state index contributed by atoms with van der Waals surface area (Å²) in [6.45, 7) is 8.84. The van der Waals surface area contributed by atoms with Gasteiger partial charge in [0.1, 0.15) is 0 Å². The summed E-state index contributed by atoms with van der Waals surface area (Å²) in [7, 11) is 0. The minimum atomic E-state index is -0.368. The monoisotopic (exact) mass is 472 g/mol. The van der Waals surface area contributed by atoms with Gasteiger partial charge in [-0.15, -0.1) is 11.3 Å². The Hall–Kier alpha value is -3.32. The molecule has 1 saturated carbocycles. The third kappa shape index (κ3) is 3.84. The van der Waals surface area contributed by atoms with Crippen molar-refractivity contribution in [3.8, 4) is 11.3 Å². The molecule has 1 heterocycles. The maximum absolute atomic E-state index is 11.4. The predicted molar refractivity (Wildman–Crippen MR) is 138 cm³/mol. The van der Waals surface area contributed by atoms with Crippen molar-refractivity contribution in [2.24, 2.45) is 27.3 Å². The van der Waals surface area contributed by atoms with Gasteiger partial charge in [-0.25, -0.2) is 9.67 Å². The van der Waals surface area contributed by atoms with Crippen LogP contribution < -0.4 is 4.80 Å². The van der Waals surface area contributed by atoms with E-state index < -0.39 is 0 Å². The van der Waals surface area contributed by atoms with Crippen molar-refractivity contribution in [2.75, 3.05) is 0 Å². The molecule has 0 N–H and O–H groups in total. The van der Waals surface area contributed by atoms with Crippen LogP contribution >= 0.6 is 11.3 Å². The Morgan fingerprint density at radius 2 is 2.00 bits per heavy atom. The summed E-state index contributed by atoms with van der Waals surface area (Å²) in [5, 5.41) is 18.2. The number of fused-ring (bicyclic) bond motifs is 1. The second-order valence-electron chi connectivity index (χ2n) is 9.84. The van der Waals surface area contributed by atoms with Crippen LogP contribution in [0, 0.1) is 41.2 Å². The molecule has 6 rings (SSSR count). The number of nitrogens with zero attached hydrogens (tertiary/aromatic N) is 4. The van der Waals surface area contributed by atoms with Crippen LogP contribution in [0.5, 0.6) is 0 Å². The first-order valence-electron chi connectivity index (χ1n) is 11.6. The number of benzene rings is 2. The number of hydrogen-bond donors (Lipinski definition) is 0. The molecule has 7 heteroatoms. The fraction of sp³-hybridized carbons (Fsp3) is 0.333. The van der Waals surface area contributed by atoms with Gasteiger partial charge in [0, 0.05) is 23.1 Å². The molecule has 2 atom stereocenters. The van der Waals surface area contributed by atoms with E-state index in [9.17, 15) is 10.1 Å². The molecule has 0 aliphatic heterocycles. The zero-order chi connectivity index (χ0) is 24.0. The minimum absolute atomic E-state index is 0.0597. The van der Waals surface area contributed by atoms with Crippen LogP contribution in [0.2, 0.25) is 0 Å². The minimum Gasteiger partial charge on any atom is -0.258 e. The van der Waals surface area contributed by atoms with Gasteiger partial charge < -0.3 is 0 Å². The van der Waals surface area contributed by atoms with Gasteiger partial charge in [-0.05, 0) is 66.7 Å². The van der Waals surface area contributed by atoms with Crippen molar-refractivity contribution >= 4 is 28.9 Å². The van der Waals surface area contributed by atoms with Crippen molar-refractivity contribution < 1.29 is 4.92 Å². The number of nitro groups is 1. The topological polar surface area (TPSA) is 72.8 Å². The molecule has 0 radical (unpaired) electrons. The predicted octanol–water partition coefficient (Wildman–Crippen LogP) is 6.80. The summed E-state index contributed by atoms with van der Waals surface area (Å²) in [5.74, 6) is 1.29. The van der Waals surface area contributed by atoms with Gasteiger partial charge >= 0.3 is 0 Å². The van der Waals surface area contributed by atoms with E-state index in [0.717, 1.165) is 39.6 Å². The smallest absolute Gasteiger partial charge is 0.258 e. The highest BCUT2D eigenvalue weighted by molar-refractivity contribution is 7.07. The quantitative estimate of drug-likeness (QED) is 0.233. The normalized spacial score (nSPS) is 21.4. The second-order valence-corrected chi connectivity index (χ2v) is 10.7. The molecule has 34 heavy (non-hydrogen) atoms. The lowest BCUT2D eigenvalue weighted by Gasteiger charge is -2.55. The zero-order valence-electron chi connectivity index (χ0n) is 19.9. The number of thiazole rings is 1. The molecule has 0 amide bonds. The van der Waals surface area contributed by atoms with Crippen LogP contribution in [0.25, 0.3) is 11.3 Å². The lowest BCUT2D eigenvalue weighted by Crippen LogP contribution is -2.48. The number of aromatic nitrogens is 1. The average Bonchev–Trinajstić information content (AvgIpc) is 3.23. The largest absolute Gasteiger partial charge is 0.270 e. The van der Waals surface area contributed by atoms with Crippen LogP contribution in [0.1, 0.15) is 37.8 Å². The first-order valence-corrected chi connectivity index (χ1v) is 12.4. The molecule has 3 aliphatic carbocycles. The van der Waals surface area contributed by atoms with Crippen molar-refractivity contribution in [1.82, 2.24) is 4.68 Å². The Kier molecular flexibility index (Phi) is 5.60. The van der Waals surface area contributed by atoms with E-state index >= 15 is 0 Å². The van der Waals surface area contributed by atoms with Gasteiger partial charge in [-0.1, -0.05) is 44.2 Å². The number of hydrogen-bond acceptors (Lipinski definition) is 5. The van der Waals surface area contributed by atoms with Crippen LogP contribution in [-0.4, -0.2) is 15.8 Å².